The monoisotopic (exact) mass is 237 g/mol. The van der Waals surface area contributed by atoms with Gasteiger partial charge < -0.3 is 15.7 Å². The van der Waals surface area contributed by atoms with E-state index in [1.165, 1.54) is 0 Å². The van der Waals surface area contributed by atoms with Crippen molar-refractivity contribution in [2.24, 2.45) is 0 Å². The van der Waals surface area contributed by atoms with Crippen LogP contribution in [-0.2, 0) is 0 Å². The number of hydrogen-bond donors (Lipinski definition) is 3. The third kappa shape index (κ3) is 3.71. The predicted octanol–water partition coefficient (Wildman–Crippen LogP) is 1.75. The fourth-order valence-electron chi connectivity index (χ4n) is 1.53. The molecule has 5 heteroatoms. The molecule has 1 rings (SSSR count). The molecule has 0 radical (unpaired) electrons. The van der Waals surface area contributed by atoms with Crippen LogP contribution < -0.4 is 10.6 Å². The summed E-state index contributed by atoms with van der Waals surface area (Å²) < 4.78 is 0. The lowest BCUT2D eigenvalue weighted by Gasteiger charge is -2.30. The fourth-order valence-corrected chi connectivity index (χ4v) is 1.53. The average Bonchev–Trinajstić information content (AvgIpc) is 2.37. The van der Waals surface area contributed by atoms with Crippen LogP contribution in [0.5, 0.6) is 0 Å². The quantitative estimate of drug-likeness (QED) is 0.730. The number of carbonyl (C=O) groups is 1. The molecule has 0 unspecified atom stereocenters. The molecule has 1 heterocycles. The van der Waals surface area contributed by atoms with Gasteiger partial charge in [0.05, 0.1) is 24.0 Å². The van der Waals surface area contributed by atoms with Crippen LogP contribution in [0.15, 0.2) is 24.5 Å². The third-order valence-corrected chi connectivity index (χ3v) is 2.95. The second-order valence-electron chi connectivity index (χ2n) is 3.97. The molecular formula is C12H19N3O2. The molecule has 0 atom stereocenters. The maximum Gasteiger partial charge on any atom is 0.319 e. The first kappa shape index (κ1) is 13.4. The van der Waals surface area contributed by atoms with E-state index >= 15 is 0 Å². The van der Waals surface area contributed by atoms with Gasteiger partial charge in [-0.2, -0.15) is 0 Å². The van der Waals surface area contributed by atoms with Crippen molar-refractivity contribution in [3.05, 3.63) is 24.5 Å². The van der Waals surface area contributed by atoms with Gasteiger partial charge in [0.1, 0.15) is 0 Å². The summed E-state index contributed by atoms with van der Waals surface area (Å²) in [6.45, 7) is 3.80. The Morgan fingerprint density at radius 2 is 2.18 bits per heavy atom. The Hall–Kier alpha value is -1.62. The van der Waals surface area contributed by atoms with Crippen molar-refractivity contribution >= 4 is 11.7 Å². The maximum absolute atomic E-state index is 11.7. The third-order valence-electron chi connectivity index (χ3n) is 2.95. The van der Waals surface area contributed by atoms with Crippen LogP contribution in [0.4, 0.5) is 10.5 Å². The van der Waals surface area contributed by atoms with Crippen LogP contribution in [0, 0.1) is 0 Å². The Morgan fingerprint density at radius 3 is 2.65 bits per heavy atom. The number of hydrogen-bond acceptors (Lipinski definition) is 3. The molecule has 1 aromatic heterocycles. The van der Waals surface area contributed by atoms with Gasteiger partial charge in [0.15, 0.2) is 0 Å². The van der Waals surface area contributed by atoms with Crippen LogP contribution in [0.2, 0.25) is 0 Å². The van der Waals surface area contributed by atoms with E-state index in [0.29, 0.717) is 18.5 Å². The van der Waals surface area contributed by atoms with Crippen LogP contribution in [-0.4, -0.2) is 28.3 Å². The van der Waals surface area contributed by atoms with Crippen molar-refractivity contribution < 1.29 is 9.90 Å². The van der Waals surface area contributed by atoms with Gasteiger partial charge in [0.2, 0.25) is 0 Å². The van der Waals surface area contributed by atoms with Crippen LogP contribution in [0.3, 0.4) is 0 Å². The van der Waals surface area contributed by atoms with Crippen molar-refractivity contribution in [2.45, 2.75) is 32.2 Å². The van der Waals surface area contributed by atoms with E-state index in [9.17, 15) is 9.90 Å². The largest absolute Gasteiger partial charge is 0.394 e. The highest BCUT2D eigenvalue weighted by molar-refractivity contribution is 5.89. The summed E-state index contributed by atoms with van der Waals surface area (Å²) in [4.78, 5) is 15.6. The van der Waals surface area contributed by atoms with Crippen molar-refractivity contribution in [1.29, 1.82) is 0 Å². The molecule has 1 aromatic rings. The zero-order valence-corrected chi connectivity index (χ0v) is 10.2. The van der Waals surface area contributed by atoms with Crippen molar-refractivity contribution in [1.82, 2.24) is 10.3 Å². The molecule has 94 valence electrons. The van der Waals surface area contributed by atoms with E-state index in [4.69, 9.17) is 0 Å². The first-order valence-corrected chi connectivity index (χ1v) is 5.76. The summed E-state index contributed by atoms with van der Waals surface area (Å²) in [7, 11) is 0. The number of amides is 2. The highest BCUT2D eigenvalue weighted by atomic mass is 16.3. The van der Waals surface area contributed by atoms with Crippen molar-refractivity contribution in [3.8, 4) is 0 Å². The fraction of sp³-hybridized carbons (Fsp3) is 0.500. The van der Waals surface area contributed by atoms with Crippen molar-refractivity contribution in [3.63, 3.8) is 0 Å². The van der Waals surface area contributed by atoms with Crippen LogP contribution in [0.25, 0.3) is 0 Å². The molecule has 0 aliphatic heterocycles. The maximum atomic E-state index is 11.7. The number of carbonyl (C=O) groups excluding carboxylic acids is 1. The molecule has 0 fully saturated rings. The summed E-state index contributed by atoms with van der Waals surface area (Å²) in [5.41, 5.74) is 0.0794. The molecule has 0 saturated heterocycles. The molecule has 0 aromatic carbocycles. The SMILES string of the molecule is CCC(CC)(CO)NC(=O)Nc1cccnc1. The Balaban J connectivity index is 2.60. The molecule has 17 heavy (non-hydrogen) atoms. The summed E-state index contributed by atoms with van der Waals surface area (Å²) in [5, 5.41) is 14.8. The van der Waals surface area contributed by atoms with Crippen LogP contribution in [0.1, 0.15) is 26.7 Å². The molecule has 0 aliphatic carbocycles. The van der Waals surface area contributed by atoms with Gasteiger partial charge in [-0.1, -0.05) is 13.8 Å². The minimum Gasteiger partial charge on any atom is -0.394 e. The summed E-state index contributed by atoms with van der Waals surface area (Å²) in [6, 6.07) is 3.18. The number of aliphatic hydroxyl groups is 1. The number of anilines is 1. The molecule has 2 amide bonds. The second kappa shape index (κ2) is 6.20. The number of aromatic nitrogens is 1. The van der Waals surface area contributed by atoms with E-state index in [1.807, 2.05) is 13.8 Å². The van der Waals surface area contributed by atoms with Gasteiger partial charge in [-0.3, -0.25) is 4.98 Å². The zero-order chi connectivity index (χ0) is 12.7. The van der Waals surface area contributed by atoms with Gasteiger partial charge >= 0.3 is 6.03 Å². The lowest BCUT2D eigenvalue weighted by Crippen LogP contribution is -2.52. The zero-order valence-electron chi connectivity index (χ0n) is 10.2. The van der Waals surface area contributed by atoms with Gasteiger partial charge in [0.25, 0.3) is 0 Å². The molecule has 5 nitrogen and oxygen atoms in total. The first-order chi connectivity index (χ1) is 8.15. The van der Waals surface area contributed by atoms with Gasteiger partial charge in [-0.05, 0) is 25.0 Å². The predicted molar refractivity (Wildman–Crippen MR) is 66.8 cm³/mol. The topological polar surface area (TPSA) is 74.2 Å². The Bertz CT molecular complexity index is 342. The molecule has 3 N–H and O–H groups in total. The molecule has 0 saturated carbocycles. The minimum absolute atomic E-state index is 0.0690. The Morgan fingerprint density at radius 1 is 1.47 bits per heavy atom. The molecule has 0 bridgehead atoms. The number of nitrogens with one attached hydrogen (secondary N) is 2. The van der Waals surface area contributed by atoms with E-state index in [2.05, 4.69) is 15.6 Å². The Labute approximate surface area is 101 Å². The summed E-state index contributed by atoms with van der Waals surface area (Å²) in [5.74, 6) is 0. The van der Waals surface area contributed by atoms with E-state index in [0.717, 1.165) is 0 Å². The average molecular weight is 237 g/mol. The highest BCUT2D eigenvalue weighted by Crippen LogP contribution is 2.14. The smallest absolute Gasteiger partial charge is 0.319 e. The van der Waals surface area contributed by atoms with Gasteiger partial charge in [-0.15, -0.1) is 0 Å². The summed E-state index contributed by atoms with van der Waals surface area (Å²) >= 11 is 0. The van der Waals surface area contributed by atoms with Crippen LogP contribution >= 0.6 is 0 Å². The van der Waals surface area contributed by atoms with Gasteiger partial charge in [-0.25, -0.2) is 4.79 Å². The number of aliphatic hydroxyl groups excluding tert-OH is 1. The normalized spacial score (nSPS) is 11.0. The van der Waals surface area contributed by atoms with E-state index in [1.54, 1.807) is 24.5 Å². The second-order valence-corrected chi connectivity index (χ2v) is 3.97. The number of pyridine rings is 1. The summed E-state index contributed by atoms with van der Waals surface area (Å²) in [6.07, 6.45) is 4.57. The van der Waals surface area contributed by atoms with E-state index in [-0.39, 0.29) is 12.6 Å². The number of nitrogens with zero attached hydrogens (tertiary/aromatic N) is 1. The Kier molecular flexibility index (Phi) is 4.90. The van der Waals surface area contributed by atoms with Gasteiger partial charge in [0, 0.05) is 6.20 Å². The first-order valence-electron chi connectivity index (χ1n) is 5.76. The molecular weight excluding hydrogens is 218 g/mol. The standard InChI is InChI=1S/C12H19N3O2/c1-3-12(4-2,9-16)15-11(17)14-10-6-5-7-13-8-10/h5-8,16H,3-4,9H2,1-2H3,(H2,14,15,17). The lowest BCUT2D eigenvalue weighted by molar-refractivity contribution is 0.155. The molecule has 0 aliphatic rings. The number of urea groups is 1. The highest BCUT2D eigenvalue weighted by Gasteiger charge is 2.27. The van der Waals surface area contributed by atoms with Crippen molar-refractivity contribution in [2.75, 3.05) is 11.9 Å². The van der Waals surface area contributed by atoms with E-state index < -0.39 is 5.54 Å². The number of rotatable bonds is 5. The lowest BCUT2D eigenvalue weighted by atomic mass is 9.94. The molecule has 0 spiro atoms. The minimum atomic E-state index is -0.549.